The van der Waals surface area contributed by atoms with Gasteiger partial charge in [0.05, 0.1) is 5.69 Å². The number of nitrogens with zero attached hydrogens (tertiary/aromatic N) is 1. The lowest BCUT2D eigenvalue weighted by Crippen LogP contribution is -2.31. The second-order valence-corrected chi connectivity index (χ2v) is 4.40. The van der Waals surface area contributed by atoms with Gasteiger partial charge in [-0.05, 0) is 36.5 Å². The summed E-state index contributed by atoms with van der Waals surface area (Å²) in [6.45, 7) is 0. The first-order valence-corrected chi connectivity index (χ1v) is 5.98. The first-order chi connectivity index (χ1) is 8.20. The molecule has 0 saturated heterocycles. The first-order valence-electron chi connectivity index (χ1n) is 5.13. The van der Waals surface area contributed by atoms with Gasteiger partial charge in [-0.1, -0.05) is 30.3 Å². The Morgan fingerprint density at radius 2 is 1.59 bits per heavy atom. The number of nitrogens with two attached hydrogens (primary N) is 1. The summed E-state index contributed by atoms with van der Waals surface area (Å²) in [5, 5.41) is 0.303. The number of para-hydroxylation sites is 2. The van der Waals surface area contributed by atoms with Crippen LogP contribution < -0.4 is 10.6 Å². The highest BCUT2D eigenvalue weighted by atomic mass is 32.1. The molecule has 0 heterocycles. The van der Waals surface area contributed by atoms with Crippen LogP contribution >= 0.6 is 24.8 Å². The van der Waals surface area contributed by atoms with Gasteiger partial charge in [0.2, 0.25) is 0 Å². The maximum atomic E-state index is 5.79. The molecule has 0 aliphatic carbocycles. The Hall–Kier alpha value is -1.52. The molecule has 0 amide bonds. The largest absolute Gasteiger partial charge is 0.376 e. The van der Waals surface area contributed by atoms with Crippen molar-refractivity contribution in [3.8, 4) is 0 Å². The van der Waals surface area contributed by atoms with Crippen LogP contribution in [0.2, 0.25) is 0 Å². The van der Waals surface area contributed by atoms with Crippen molar-refractivity contribution < 1.29 is 0 Å². The summed E-state index contributed by atoms with van der Waals surface area (Å²) < 4.78 is 0. The van der Waals surface area contributed by atoms with Gasteiger partial charge in [-0.25, -0.2) is 0 Å². The van der Waals surface area contributed by atoms with Crippen molar-refractivity contribution in [3.05, 3.63) is 54.6 Å². The zero-order valence-electron chi connectivity index (χ0n) is 9.08. The normalized spacial score (nSPS) is 9.94. The summed E-state index contributed by atoms with van der Waals surface area (Å²) in [7, 11) is 0. The van der Waals surface area contributed by atoms with Gasteiger partial charge >= 0.3 is 0 Å². The van der Waals surface area contributed by atoms with Crippen LogP contribution in [0.25, 0.3) is 0 Å². The third kappa shape index (κ3) is 2.60. The maximum Gasteiger partial charge on any atom is 0.175 e. The van der Waals surface area contributed by atoms with Crippen molar-refractivity contribution in [1.82, 2.24) is 0 Å². The van der Waals surface area contributed by atoms with Crippen LogP contribution in [0.5, 0.6) is 0 Å². The van der Waals surface area contributed by atoms with Crippen LogP contribution in [-0.4, -0.2) is 5.11 Å². The molecule has 0 saturated carbocycles. The molecular formula is C13H12N2S2. The van der Waals surface area contributed by atoms with Crippen molar-refractivity contribution in [2.45, 2.75) is 4.90 Å². The summed E-state index contributed by atoms with van der Waals surface area (Å²) in [6, 6.07) is 17.5. The number of thiocarbonyl (C=S) groups is 1. The van der Waals surface area contributed by atoms with Crippen LogP contribution in [0.3, 0.4) is 0 Å². The molecule has 0 atom stereocenters. The molecule has 2 aromatic rings. The van der Waals surface area contributed by atoms with Crippen molar-refractivity contribution in [2.24, 2.45) is 5.73 Å². The van der Waals surface area contributed by atoms with E-state index in [1.807, 2.05) is 54.6 Å². The minimum absolute atomic E-state index is 0.303. The van der Waals surface area contributed by atoms with Crippen molar-refractivity contribution in [1.29, 1.82) is 0 Å². The smallest absolute Gasteiger partial charge is 0.175 e. The van der Waals surface area contributed by atoms with Crippen molar-refractivity contribution >= 4 is 41.3 Å². The van der Waals surface area contributed by atoms with Gasteiger partial charge in [0.25, 0.3) is 0 Å². The van der Waals surface area contributed by atoms with Crippen LogP contribution in [0.15, 0.2) is 59.5 Å². The topological polar surface area (TPSA) is 29.3 Å². The summed E-state index contributed by atoms with van der Waals surface area (Å²) in [6.07, 6.45) is 0. The number of benzene rings is 2. The zero-order chi connectivity index (χ0) is 12.3. The van der Waals surface area contributed by atoms with Gasteiger partial charge in [-0.2, -0.15) is 0 Å². The minimum Gasteiger partial charge on any atom is -0.376 e. The van der Waals surface area contributed by atoms with Crippen LogP contribution in [0, 0.1) is 0 Å². The molecule has 2 nitrogen and oxygen atoms in total. The highest BCUT2D eigenvalue weighted by Gasteiger charge is 2.13. The van der Waals surface area contributed by atoms with E-state index >= 15 is 0 Å². The Kier molecular flexibility index (Phi) is 3.66. The number of hydrogen-bond donors (Lipinski definition) is 2. The molecule has 0 spiro atoms. The molecule has 4 heteroatoms. The van der Waals surface area contributed by atoms with Gasteiger partial charge in [0.15, 0.2) is 5.11 Å². The fourth-order valence-corrected chi connectivity index (χ4v) is 2.08. The third-order valence-electron chi connectivity index (χ3n) is 2.36. The molecule has 2 rings (SSSR count). The Labute approximate surface area is 111 Å². The molecule has 0 aromatic heterocycles. The quantitative estimate of drug-likeness (QED) is 0.641. The van der Waals surface area contributed by atoms with Crippen molar-refractivity contribution in [3.63, 3.8) is 0 Å². The number of rotatable bonds is 2. The van der Waals surface area contributed by atoms with Gasteiger partial charge < -0.3 is 5.73 Å². The van der Waals surface area contributed by atoms with E-state index in [0.717, 1.165) is 16.3 Å². The molecule has 2 aromatic carbocycles. The highest BCUT2D eigenvalue weighted by Crippen LogP contribution is 2.30. The highest BCUT2D eigenvalue weighted by molar-refractivity contribution is 7.81. The lowest BCUT2D eigenvalue weighted by atomic mass is 10.2. The fourth-order valence-electron chi connectivity index (χ4n) is 1.62. The second-order valence-electron chi connectivity index (χ2n) is 3.50. The van der Waals surface area contributed by atoms with Crippen LogP contribution in [0.4, 0.5) is 11.4 Å². The molecule has 0 aliphatic heterocycles. The minimum atomic E-state index is 0.303. The molecule has 0 unspecified atom stereocenters. The molecule has 2 N–H and O–H groups in total. The maximum absolute atomic E-state index is 5.79. The van der Waals surface area contributed by atoms with E-state index in [0.29, 0.717) is 5.11 Å². The van der Waals surface area contributed by atoms with Gasteiger partial charge in [0.1, 0.15) is 0 Å². The van der Waals surface area contributed by atoms with Crippen LogP contribution in [-0.2, 0) is 0 Å². The van der Waals surface area contributed by atoms with E-state index in [1.165, 1.54) is 0 Å². The average Bonchev–Trinajstić information content (AvgIpc) is 2.33. The standard InChI is InChI=1S/C13H12N2S2/c14-13(17)15(10-6-2-1-3-7-10)11-8-4-5-9-12(11)16/h1-9,16H,(H2,14,17). The molecule has 0 bridgehead atoms. The third-order valence-corrected chi connectivity index (χ3v) is 2.92. The molecule has 0 fully saturated rings. The van der Waals surface area contributed by atoms with E-state index in [2.05, 4.69) is 12.6 Å². The lowest BCUT2D eigenvalue weighted by Gasteiger charge is -2.24. The average molecular weight is 260 g/mol. The monoisotopic (exact) mass is 260 g/mol. The van der Waals surface area contributed by atoms with Crippen molar-refractivity contribution in [2.75, 3.05) is 4.90 Å². The Morgan fingerprint density at radius 3 is 2.18 bits per heavy atom. The summed E-state index contributed by atoms with van der Waals surface area (Å²) in [5.74, 6) is 0. The molecule has 0 radical (unpaired) electrons. The molecule has 17 heavy (non-hydrogen) atoms. The van der Waals surface area contributed by atoms with E-state index in [9.17, 15) is 0 Å². The van der Waals surface area contributed by atoms with Gasteiger partial charge in [0, 0.05) is 10.6 Å². The number of thiol groups is 1. The number of hydrogen-bond acceptors (Lipinski definition) is 2. The van der Waals surface area contributed by atoms with E-state index in [1.54, 1.807) is 4.90 Å². The Balaban J connectivity index is 2.51. The molecule has 0 aliphatic rings. The van der Waals surface area contributed by atoms with Gasteiger partial charge in [-0.3, -0.25) is 4.90 Å². The Bertz CT molecular complexity index is 526. The summed E-state index contributed by atoms with van der Waals surface area (Å²) in [5.41, 5.74) is 7.61. The number of anilines is 2. The van der Waals surface area contributed by atoms with E-state index in [4.69, 9.17) is 18.0 Å². The molecular weight excluding hydrogens is 248 g/mol. The fraction of sp³-hybridized carbons (Fsp3) is 0. The summed E-state index contributed by atoms with van der Waals surface area (Å²) in [4.78, 5) is 2.64. The Morgan fingerprint density at radius 1 is 1.00 bits per heavy atom. The predicted molar refractivity (Wildman–Crippen MR) is 79.1 cm³/mol. The SMILES string of the molecule is NC(=S)N(c1ccccc1)c1ccccc1S. The summed E-state index contributed by atoms with van der Waals surface area (Å²) >= 11 is 9.54. The van der Waals surface area contributed by atoms with E-state index < -0.39 is 0 Å². The molecule has 86 valence electrons. The zero-order valence-corrected chi connectivity index (χ0v) is 10.8. The first kappa shape index (κ1) is 12.0. The lowest BCUT2D eigenvalue weighted by molar-refractivity contribution is 1.28. The van der Waals surface area contributed by atoms with Gasteiger partial charge in [-0.15, -0.1) is 12.6 Å². The second kappa shape index (κ2) is 5.21. The van der Waals surface area contributed by atoms with E-state index in [-0.39, 0.29) is 0 Å². The van der Waals surface area contributed by atoms with Crippen LogP contribution in [0.1, 0.15) is 0 Å². The predicted octanol–water partition coefficient (Wildman–Crippen LogP) is 3.36.